The van der Waals surface area contributed by atoms with E-state index in [4.69, 9.17) is 16.3 Å². The van der Waals surface area contributed by atoms with Gasteiger partial charge < -0.3 is 15.2 Å². The van der Waals surface area contributed by atoms with Gasteiger partial charge >= 0.3 is 0 Å². The Labute approximate surface area is 177 Å². The van der Waals surface area contributed by atoms with Crippen molar-refractivity contribution in [1.29, 1.82) is 0 Å². The topological polar surface area (TPSA) is 95.9 Å². The Bertz CT molecular complexity index is 1050. The van der Waals surface area contributed by atoms with Crippen LogP contribution >= 0.6 is 11.6 Å². The summed E-state index contributed by atoms with van der Waals surface area (Å²) in [5.74, 6) is -2.40. The molecule has 30 heavy (non-hydrogen) atoms. The van der Waals surface area contributed by atoms with Crippen LogP contribution in [0.25, 0.3) is 0 Å². The van der Waals surface area contributed by atoms with Crippen molar-refractivity contribution in [2.24, 2.45) is 0 Å². The molecule has 1 aliphatic heterocycles. The van der Waals surface area contributed by atoms with Gasteiger partial charge in [-0.1, -0.05) is 11.6 Å². The largest absolute Gasteiger partial charge is 0.391 e. The average molecular weight is 461 g/mol. The summed E-state index contributed by atoms with van der Waals surface area (Å²) in [5, 5.41) is 12.0. The van der Waals surface area contributed by atoms with Crippen LogP contribution in [0, 0.1) is 11.6 Å². The Morgan fingerprint density at radius 3 is 2.63 bits per heavy atom. The molecule has 0 saturated carbocycles. The average Bonchev–Trinajstić information content (AvgIpc) is 2.67. The van der Waals surface area contributed by atoms with Crippen molar-refractivity contribution in [3.63, 3.8) is 0 Å². The summed E-state index contributed by atoms with van der Waals surface area (Å²) in [6.07, 6.45) is -0.695. The van der Waals surface area contributed by atoms with Crippen molar-refractivity contribution in [2.45, 2.75) is 17.4 Å². The third-order valence-corrected chi connectivity index (χ3v) is 6.70. The monoisotopic (exact) mass is 460 g/mol. The minimum atomic E-state index is -4.28. The Morgan fingerprint density at radius 2 is 1.90 bits per heavy atom. The molecule has 162 valence electrons. The predicted octanol–water partition coefficient (Wildman–Crippen LogP) is 2.64. The highest BCUT2D eigenvalue weighted by atomic mass is 35.5. The molecule has 0 spiro atoms. The molecule has 1 aliphatic rings. The summed E-state index contributed by atoms with van der Waals surface area (Å²) in [4.78, 5) is 11.8. The van der Waals surface area contributed by atoms with Gasteiger partial charge in [0.2, 0.25) is 10.0 Å². The van der Waals surface area contributed by atoms with Crippen LogP contribution in [0.3, 0.4) is 0 Å². The molecule has 3 rings (SSSR count). The van der Waals surface area contributed by atoms with Gasteiger partial charge in [0.05, 0.1) is 24.3 Å². The number of carbonyl (C=O) groups excluding carboxylic acids is 1. The minimum absolute atomic E-state index is 0.0149. The molecule has 1 amide bonds. The SMILES string of the molecule is O=C(Nc1ccc(F)c(Cl)c1)c1ccc(F)c(S(=O)(=O)N2CCOCC(O)CC2)c1. The summed E-state index contributed by atoms with van der Waals surface area (Å²) >= 11 is 5.68. The van der Waals surface area contributed by atoms with Gasteiger partial charge in [0.15, 0.2) is 0 Å². The summed E-state index contributed by atoms with van der Waals surface area (Å²) in [7, 11) is -4.28. The Balaban J connectivity index is 1.86. The second-order valence-corrected chi connectivity index (χ2v) is 8.96. The zero-order chi connectivity index (χ0) is 21.9. The van der Waals surface area contributed by atoms with Crippen LogP contribution in [-0.4, -0.2) is 56.1 Å². The standard InChI is InChI=1S/C19H19ClF2N2O5S/c20-15-10-13(2-4-16(15)21)23-19(26)12-1-3-17(22)18(9-12)30(27,28)24-6-5-14(25)11-29-8-7-24/h1-4,9-10,14,25H,5-8,11H2,(H,23,26). The van der Waals surface area contributed by atoms with Crippen molar-refractivity contribution in [1.82, 2.24) is 4.31 Å². The van der Waals surface area contributed by atoms with Gasteiger partial charge in [-0.15, -0.1) is 0 Å². The Morgan fingerprint density at radius 1 is 1.17 bits per heavy atom. The first-order valence-corrected chi connectivity index (χ1v) is 10.8. The van der Waals surface area contributed by atoms with Crippen molar-refractivity contribution < 1.29 is 31.8 Å². The maximum atomic E-state index is 14.4. The number of aliphatic hydroxyl groups excluding tert-OH is 1. The van der Waals surface area contributed by atoms with E-state index in [2.05, 4.69) is 5.32 Å². The van der Waals surface area contributed by atoms with E-state index < -0.39 is 38.6 Å². The van der Waals surface area contributed by atoms with Crippen molar-refractivity contribution in [3.05, 3.63) is 58.6 Å². The van der Waals surface area contributed by atoms with E-state index in [1.54, 1.807) is 0 Å². The first-order valence-electron chi connectivity index (χ1n) is 9.00. The van der Waals surface area contributed by atoms with Crippen LogP contribution in [0.4, 0.5) is 14.5 Å². The molecular formula is C19H19ClF2N2O5S. The number of amides is 1. The number of nitrogens with one attached hydrogen (secondary N) is 1. The summed E-state index contributed by atoms with van der Waals surface area (Å²) < 4.78 is 59.7. The lowest BCUT2D eigenvalue weighted by Crippen LogP contribution is -2.39. The number of aliphatic hydroxyl groups is 1. The molecule has 2 aromatic rings. The number of carbonyl (C=O) groups is 1. The Hall–Kier alpha value is -2.11. The lowest BCUT2D eigenvalue weighted by molar-refractivity contribution is 0.0130. The number of benzene rings is 2. The summed E-state index contributed by atoms with van der Waals surface area (Å²) in [6, 6.07) is 6.50. The van der Waals surface area contributed by atoms with E-state index in [9.17, 15) is 27.1 Å². The van der Waals surface area contributed by atoms with Crippen LogP contribution in [0.5, 0.6) is 0 Å². The van der Waals surface area contributed by atoms with Gasteiger partial charge in [-0.25, -0.2) is 17.2 Å². The number of hydrogen-bond donors (Lipinski definition) is 2. The fourth-order valence-corrected chi connectivity index (χ4v) is 4.58. The third-order valence-electron chi connectivity index (χ3n) is 4.50. The van der Waals surface area contributed by atoms with Crippen LogP contribution in [-0.2, 0) is 14.8 Å². The summed E-state index contributed by atoms with van der Waals surface area (Å²) in [6.45, 7) is 0.116. The first kappa shape index (κ1) is 22.6. The van der Waals surface area contributed by atoms with Gasteiger partial charge in [0.25, 0.3) is 5.91 Å². The van der Waals surface area contributed by atoms with Gasteiger partial charge in [0, 0.05) is 24.3 Å². The molecule has 7 nitrogen and oxygen atoms in total. The first-order chi connectivity index (χ1) is 14.2. The second-order valence-electron chi connectivity index (χ2n) is 6.65. The van der Waals surface area contributed by atoms with E-state index >= 15 is 0 Å². The lowest BCUT2D eigenvalue weighted by atomic mass is 10.2. The molecule has 0 aliphatic carbocycles. The van der Waals surface area contributed by atoms with Crippen LogP contribution in [0.2, 0.25) is 5.02 Å². The lowest BCUT2D eigenvalue weighted by Gasteiger charge is -2.26. The van der Waals surface area contributed by atoms with Gasteiger partial charge in [-0.3, -0.25) is 4.79 Å². The van der Waals surface area contributed by atoms with E-state index in [-0.39, 0.29) is 49.0 Å². The normalized spacial score (nSPS) is 18.5. The van der Waals surface area contributed by atoms with Crippen molar-refractivity contribution in [3.8, 4) is 0 Å². The molecule has 2 N–H and O–H groups in total. The number of hydrogen-bond acceptors (Lipinski definition) is 5. The van der Waals surface area contributed by atoms with E-state index in [0.29, 0.717) is 0 Å². The molecule has 1 saturated heterocycles. The van der Waals surface area contributed by atoms with E-state index in [1.807, 2.05) is 0 Å². The molecular weight excluding hydrogens is 442 g/mol. The predicted molar refractivity (Wildman–Crippen MR) is 106 cm³/mol. The van der Waals surface area contributed by atoms with E-state index in [1.165, 1.54) is 12.1 Å². The minimum Gasteiger partial charge on any atom is -0.391 e. The maximum Gasteiger partial charge on any atom is 0.255 e. The highest BCUT2D eigenvalue weighted by molar-refractivity contribution is 7.89. The molecule has 0 aromatic heterocycles. The second kappa shape index (κ2) is 9.36. The van der Waals surface area contributed by atoms with Gasteiger partial charge in [-0.2, -0.15) is 4.31 Å². The van der Waals surface area contributed by atoms with Crippen LogP contribution in [0.1, 0.15) is 16.8 Å². The number of halogens is 3. The van der Waals surface area contributed by atoms with Gasteiger partial charge in [0.1, 0.15) is 16.5 Å². The Kier molecular flexibility index (Phi) is 7.04. The molecule has 1 unspecified atom stereocenters. The smallest absolute Gasteiger partial charge is 0.255 e. The molecule has 2 aromatic carbocycles. The fourth-order valence-electron chi connectivity index (χ4n) is 2.87. The fraction of sp³-hybridized carbons (Fsp3) is 0.316. The van der Waals surface area contributed by atoms with E-state index in [0.717, 1.165) is 28.6 Å². The van der Waals surface area contributed by atoms with Gasteiger partial charge in [-0.05, 0) is 42.8 Å². The van der Waals surface area contributed by atoms with Crippen LogP contribution < -0.4 is 5.32 Å². The zero-order valence-corrected chi connectivity index (χ0v) is 17.2. The number of ether oxygens (including phenoxy) is 1. The quantitative estimate of drug-likeness (QED) is 0.731. The molecule has 0 radical (unpaired) electrons. The molecule has 0 bridgehead atoms. The van der Waals surface area contributed by atoms with Crippen molar-refractivity contribution >= 4 is 33.2 Å². The number of nitrogens with zero attached hydrogens (tertiary/aromatic N) is 1. The zero-order valence-electron chi connectivity index (χ0n) is 15.6. The third kappa shape index (κ3) is 5.13. The maximum absolute atomic E-state index is 14.4. The molecule has 1 atom stereocenters. The van der Waals surface area contributed by atoms with Crippen molar-refractivity contribution in [2.75, 3.05) is 31.6 Å². The van der Waals surface area contributed by atoms with Crippen LogP contribution in [0.15, 0.2) is 41.3 Å². The summed E-state index contributed by atoms with van der Waals surface area (Å²) in [5.41, 5.74) is 0.0776. The number of rotatable bonds is 4. The molecule has 11 heteroatoms. The molecule has 1 heterocycles. The highest BCUT2D eigenvalue weighted by Crippen LogP contribution is 2.24. The molecule has 1 fully saturated rings. The number of anilines is 1. The highest BCUT2D eigenvalue weighted by Gasteiger charge is 2.30. The number of sulfonamides is 1.